The minimum absolute atomic E-state index is 0. The molecule has 2 fully saturated rings. The van der Waals surface area contributed by atoms with Crippen molar-refractivity contribution >= 4 is 29.9 Å². The van der Waals surface area contributed by atoms with E-state index in [1.807, 2.05) is 6.07 Å². The Balaban J connectivity index is 0.00000341. The first-order valence-electron chi connectivity index (χ1n) is 11.1. The molecule has 0 atom stereocenters. The van der Waals surface area contributed by atoms with Gasteiger partial charge < -0.3 is 20.1 Å². The van der Waals surface area contributed by atoms with Crippen molar-refractivity contribution < 1.29 is 13.9 Å². The molecule has 0 bridgehead atoms. The number of nitrogens with one attached hydrogen (secondary N) is 2. The highest BCUT2D eigenvalue weighted by Gasteiger charge is 2.35. The largest absolute Gasteiger partial charge is 0.381 e. The zero-order chi connectivity index (χ0) is 21.5. The predicted octanol–water partition coefficient (Wildman–Crippen LogP) is 3.16. The van der Waals surface area contributed by atoms with Crippen LogP contribution in [0.1, 0.15) is 39.2 Å². The van der Waals surface area contributed by atoms with E-state index < -0.39 is 0 Å². The summed E-state index contributed by atoms with van der Waals surface area (Å²) in [4.78, 5) is 7.33. The normalized spacial score (nSPS) is 20.1. The maximum absolute atomic E-state index is 13.9. The third-order valence-corrected chi connectivity index (χ3v) is 6.32. The average molecular weight is 548 g/mol. The zero-order valence-electron chi connectivity index (χ0n) is 19.1. The number of benzene rings is 1. The second-order valence-corrected chi connectivity index (χ2v) is 8.86. The smallest absolute Gasteiger partial charge is 0.191 e. The number of guanidine groups is 1. The van der Waals surface area contributed by atoms with Crippen molar-refractivity contribution in [2.75, 3.05) is 59.2 Å². The van der Waals surface area contributed by atoms with E-state index in [4.69, 9.17) is 14.5 Å². The fraction of sp³-hybridized carbons (Fsp3) is 0.696. The van der Waals surface area contributed by atoms with Crippen molar-refractivity contribution in [3.05, 3.63) is 35.6 Å². The average Bonchev–Trinajstić information content (AvgIpc) is 2.77. The molecule has 0 amide bonds. The van der Waals surface area contributed by atoms with Gasteiger partial charge in [-0.25, -0.2) is 4.39 Å². The standard InChI is InChI=1S/C23H37FN4O2.HI/c1-4-25-21(26-17-22(2,3)28-10-14-30-15-11-28)27-18-23(8-12-29-13-9-23)19-6-5-7-20(24)16-19;/h5-7,16H,4,8-15,17-18H2,1-3H3,(H2,25,26,27);1H. The molecule has 8 heteroatoms. The van der Waals surface area contributed by atoms with Crippen LogP contribution in [0.3, 0.4) is 0 Å². The molecular weight excluding hydrogens is 510 g/mol. The van der Waals surface area contributed by atoms with Crippen LogP contribution in [0.25, 0.3) is 0 Å². The van der Waals surface area contributed by atoms with Crippen molar-refractivity contribution in [1.82, 2.24) is 15.5 Å². The van der Waals surface area contributed by atoms with Crippen LogP contribution in [-0.2, 0) is 14.9 Å². The van der Waals surface area contributed by atoms with E-state index in [-0.39, 0.29) is 40.7 Å². The van der Waals surface area contributed by atoms with Gasteiger partial charge in [0.1, 0.15) is 5.82 Å². The Hall–Kier alpha value is -0.970. The summed E-state index contributed by atoms with van der Waals surface area (Å²) in [6, 6.07) is 7.00. The van der Waals surface area contributed by atoms with Crippen molar-refractivity contribution in [1.29, 1.82) is 0 Å². The van der Waals surface area contributed by atoms with Crippen LogP contribution in [0, 0.1) is 5.82 Å². The quantitative estimate of drug-likeness (QED) is 0.312. The van der Waals surface area contributed by atoms with Gasteiger partial charge in [-0.15, -0.1) is 24.0 Å². The summed E-state index contributed by atoms with van der Waals surface area (Å²) in [5.41, 5.74) is 0.837. The molecule has 2 aliphatic heterocycles. The third kappa shape index (κ3) is 7.27. The van der Waals surface area contributed by atoms with Crippen molar-refractivity contribution in [2.24, 2.45) is 4.99 Å². The molecule has 2 aliphatic rings. The summed E-state index contributed by atoms with van der Waals surface area (Å²) >= 11 is 0. The molecule has 2 saturated heterocycles. The van der Waals surface area contributed by atoms with E-state index in [0.717, 1.165) is 57.2 Å². The van der Waals surface area contributed by atoms with Crippen LogP contribution >= 0.6 is 24.0 Å². The molecule has 0 radical (unpaired) electrons. The Morgan fingerprint density at radius 3 is 2.45 bits per heavy atom. The van der Waals surface area contributed by atoms with Crippen LogP contribution in [-0.4, -0.2) is 75.5 Å². The Morgan fingerprint density at radius 1 is 1.13 bits per heavy atom. The lowest BCUT2D eigenvalue weighted by molar-refractivity contribution is -0.00684. The van der Waals surface area contributed by atoms with Crippen LogP contribution < -0.4 is 10.6 Å². The van der Waals surface area contributed by atoms with Crippen molar-refractivity contribution in [3.8, 4) is 0 Å². The third-order valence-electron chi connectivity index (χ3n) is 6.32. The fourth-order valence-electron chi connectivity index (χ4n) is 4.28. The number of morpholine rings is 1. The van der Waals surface area contributed by atoms with Gasteiger partial charge in [-0.1, -0.05) is 12.1 Å². The summed E-state index contributed by atoms with van der Waals surface area (Å²) in [6.45, 7) is 13.5. The molecule has 2 heterocycles. The van der Waals surface area contributed by atoms with Gasteiger partial charge >= 0.3 is 0 Å². The molecule has 0 aromatic heterocycles. The summed E-state index contributed by atoms with van der Waals surface area (Å²) in [5.74, 6) is 0.618. The topological polar surface area (TPSA) is 58.1 Å². The Kier molecular flexibility index (Phi) is 10.4. The lowest BCUT2D eigenvalue weighted by Crippen LogP contribution is -2.52. The highest BCUT2D eigenvalue weighted by molar-refractivity contribution is 14.0. The summed E-state index contributed by atoms with van der Waals surface area (Å²) in [5, 5.41) is 6.91. The highest BCUT2D eigenvalue weighted by atomic mass is 127. The van der Waals surface area contributed by atoms with E-state index in [0.29, 0.717) is 26.3 Å². The molecule has 0 saturated carbocycles. The first kappa shape index (κ1) is 26.3. The number of ether oxygens (including phenoxy) is 2. The predicted molar refractivity (Wildman–Crippen MR) is 134 cm³/mol. The van der Waals surface area contributed by atoms with Gasteiger partial charge in [0.15, 0.2) is 5.96 Å². The van der Waals surface area contributed by atoms with Gasteiger partial charge in [0.2, 0.25) is 0 Å². The van der Waals surface area contributed by atoms with Gasteiger partial charge in [0, 0.05) is 50.3 Å². The van der Waals surface area contributed by atoms with Gasteiger partial charge in [0.05, 0.1) is 19.8 Å². The lowest BCUT2D eigenvalue weighted by atomic mass is 9.74. The highest BCUT2D eigenvalue weighted by Crippen LogP contribution is 2.34. The first-order chi connectivity index (χ1) is 14.5. The lowest BCUT2D eigenvalue weighted by Gasteiger charge is -2.40. The molecule has 0 aliphatic carbocycles. The number of nitrogens with zero attached hydrogens (tertiary/aromatic N) is 2. The zero-order valence-corrected chi connectivity index (χ0v) is 21.4. The van der Waals surface area contributed by atoms with Gasteiger partial charge in [-0.2, -0.15) is 0 Å². The molecule has 1 aromatic rings. The van der Waals surface area contributed by atoms with Crippen LogP contribution in [0.4, 0.5) is 4.39 Å². The molecular formula is C23H38FIN4O2. The first-order valence-corrected chi connectivity index (χ1v) is 11.1. The minimum Gasteiger partial charge on any atom is -0.381 e. The SMILES string of the molecule is CCNC(=NCC(C)(C)N1CCOCC1)NCC1(c2cccc(F)c2)CCOCC1.I. The number of halogens is 2. The molecule has 6 nitrogen and oxygen atoms in total. The van der Waals surface area contributed by atoms with Crippen molar-refractivity contribution in [3.63, 3.8) is 0 Å². The Labute approximate surface area is 203 Å². The Bertz CT molecular complexity index is 705. The van der Waals surface area contributed by atoms with Crippen LogP contribution in [0.5, 0.6) is 0 Å². The molecule has 1 aromatic carbocycles. The van der Waals surface area contributed by atoms with Crippen LogP contribution in [0.15, 0.2) is 29.3 Å². The summed E-state index contributed by atoms with van der Waals surface area (Å²) in [6.07, 6.45) is 1.73. The second-order valence-electron chi connectivity index (χ2n) is 8.86. The molecule has 0 unspecified atom stereocenters. The molecule has 3 rings (SSSR count). The maximum atomic E-state index is 13.9. The van der Waals surface area contributed by atoms with Crippen molar-refractivity contribution in [2.45, 2.75) is 44.6 Å². The minimum atomic E-state index is -0.189. The summed E-state index contributed by atoms with van der Waals surface area (Å²) in [7, 11) is 0. The number of hydrogen-bond donors (Lipinski definition) is 2. The number of hydrogen-bond acceptors (Lipinski definition) is 4. The van der Waals surface area contributed by atoms with Gasteiger partial charge in [-0.05, 0) is 51.3 Å². The molecule has 0 spiro atoms. The van der Waals surface area contributed by atoms with E-state index in [9.17, 15) is 4.39 Å². The van der Waals surface area contributed by atoms with Gasteiger partial charge in [-0.3, -0.25) is 9.89 Å². The van der Waals surface area contributed by atoms with E-state index in [1.165, 1.54) is 6.07 Å². The monoisotopic (exact) mass is 548 g/mol. The second kappa shape index (κ2) is 12.3. The molecule has 176 valence electrons. The molecule has 31 heavy (non-hydrogen) atoms. The summed E-state index contributed by atoms with van der Waals surface area (Å²) < 4.78 is 25.0. The number of rotatable bonds is 7. The van der Waals surface area contributed by atoms with Gasteiger partial charge in [0.25, 0.3) is 0 Å². The molecule has 2 N–H and O–H groups in total. The van der Waals surface area contributed by atoms with E-state index in [1.54, 1.807) is 12.1 Å². The Morgan fingerprint density at radius 2 is 1.81 bits per heavy atom. The number of aliphatic imine (C=N–C) groups is 1. The van der Waals surface area contributed by atoms with E-state index in [2.05, 4.69) is 36.3 Å². The fourth-order valence-corrected chi connectivity index (χ4v) is 4.28. The maximum Gasteiger partial charge on any atom is 0.191 e. The van der Waals surface area contributed by atoms with Crippen LogP contribution in [0.2, 0.25) is 0 Å². The van der Waals surface area contributed by atoms with E-state index >= 15 is 0 Å².